The summed E-state index contributed by atoms with van der Waals surface area (Å²) in [5.41, 5.74) is 0.0155. The van der Waals surface area contributed by atoms with Gasteiger partial charge in [0.15, 0.2) is 0 Å². The highest BCUT2D eigenvalue weighted by Gasteiger charge is 2.45. The maximum absolute atomic E-state index is 6.08. The monoisotopic (exact) mass is 283 g/mol. The van der Waals surface area contributed by atoms with E-state index in [0.717, 1.165) is 45.8 Å². The Morgan fingerprint density at radius 3 is 2.85 bits per heavy atom. The summed E-state index contributed by atoms with van der Waals surface area (Å²) in [6.45, 7) is 8.90. The molecule has 3 aliphatic heterocycles. The Hall–Kier alpha value is -0.160. The first-order valence-electron chi connectivity index (χ1n) is 8.29. The van der Waals surface area contributed by atoms with Crippen LogP contribution in [0, 0.1) is 11.8 Å². The molecular formula is C16H29NO3. The summed E-state index contributed by atoms with van der Waals surface area (Å²) in [5.74, 6) is 1.36. The van der Waals surface area contributed by atoms with E-state index in [4.69, 9.17) is 14.2 Å². The third-order valence-corrected chi connectivity index (χ3v) is 5.28. The molecule has 0 bridgehead atoms. The van der Waals surface area contributed by atoms with Crippen LogP contribution in [0.1, 0.15) is 39.5 Å². The van der Waals surface area contributed by atoms with E-state index >= 15 is 0 Å². The quantitative estimate of drug-likeness (QED) is 0.856. The van der Waals surface area contributed by atoms with Gasteiger partial charge in [0.05, 0.1) is 24.9 Å². The van der Waals surface area contributed by atoms with Gasteiger partial charge in [0.1, 0.15) is 0 Å². The van der Waals surface area contributed by atoms with Gasteiger partial charge in [-0.1, -0.05) is 6.92 Å². The summed E-state index contributed by atoms with van der Waals surface area (Å²) in [7, 11) is 0. The van der Waals surface area contributed by atoms with Crippen LogP contribution in [-0.2, 0) is 14.2 Å². The minimum absolute atomic E-state index is 0.0155. The predicted octanol–water partition coefficient (Wildman–Crippen LogP) is 1.98. The van der Waals surface area contributed by atoms with Gasteiger partial charge in [0.25, 0.3) is 0 Å². The third kappa shape index (κ3) is 3.03. The molecule has 0 radical (unpaired) electrons. The van der Waals surface area contributed by atoms with Crippen LogP contribution in [0.5, 0.6) is 0 Å². The molecule has 4 nitrogen and oxygen atoms in total. The van der Waals surface area contributed by atoms with E-state index in [-0.39, 0.29) is 5.60 Å². The van der Waals surface area contributed by atoms with Crippen molar-refractivity contribution in [3.05, 3.63) is 0 Å². The third-order valence-electron chi connectivity index (χ3n) is 5.28. The maximum Gasteiger partial charge on any atom is 0.0939 e. The van der Waals surface area contributed by atoms with Crippen LogP contribution in [-0.4, -0.2) is 50.7 Å². The van der Waals surface area contributed by atoms with Crippen molar-refractivity contribution in [1.29, 1.82) is 0 Å². The van der Waals surface area contributed by atoms with Crippen LogP contribution in [0.25, 0.3) is 0 Å². The van der Waals surface area contributed by atoms with Gasteiger partial charge in [-0.05, 0) is 38.6 Å². The minimum Gasteiger partial charge on any atom is -0.378 e. The number of hydrogen-bond acceptors (Lipinski definition) is 4. The van der Waals surface area contributed by atoms with Crippen molar-refractivity contribution in [2.45, 2.75) is 57.3 Å². The Morgan fingerprint density at radius 2 is 2.20 bits per heavy atom. The Kier molecular flexibility index (Phi) is 4.65. The van der Waals surface area contributed by atoms with Gasteiger partial charge >= 0.3 is 0 Å². The first-order valence-corrected chi connectivity index (χ1v) is 8.29. The average molecular weight is 283 g/mol. The van der Waals surface area contributed by atoms with Crippen molar-refractivity contribution in [3.63, 3.8) is 0 Å². The second kappa shape index (κ2) is 6.30. The normalized spacial score (nSPS) is 43.2. The molecule has 5 unspecified atom stereocenters. The Labute approximate surface area is 122 Å². The zero-order valence-corrected chi connectivity index (χ0v) is 12.9. The molecule has 20 heavy (non-hydrogen) atoms. The van der Waals surface area contributed by atoms with Crippen molar-refractivity contribution in [3.8, 4) is 0 Å². The summed E-state index contributed by atoms with van der Waals surface area (Å²) in [5, 5.41) is 3.74. The second-order valence-corrected chi connectivity index (χ2v) is 6.81. The Bertz CT molecular complexity index is 317. The number of rotatable bonds is 4. The summed E-state index contributed by atoms with van der Waals surface area (Å²) in [6, 6.07) is 0.575. The molecule has 1 N–H and O–H groups in total. The topological polar surface area (TPSA) is 39.7 Å². The molecule has 3 fully saturated rings. The Morgan fingerprint density at radius 1 is 1.30 bits per heavy atom. The van der Waals surface area contributed by atoms with E-state index in [1.807, 2.05) is 0 Å². The predicted molar refractivity (Wildman–Crippen MR) is 77.8 cm³/mol. The second-order valence-electron chi connectivity index (χ2n) is 6.81. The zero-order chi connectivity index (χ0) is 14.0. The van der Waals surface area contributed by atoms with Crippen molar-refractivity contribution in [2.24, 2.45) is 11.8 Å². The minimum atomic E-state index is 0.0155. The first kappa shape index (κ1) is 14.8. The Balaban J connectivity index is 1.67. The van der Waals surface area contributed by atoms with E-state index in [9.17, 15) is 0 Å². The highest BCUT2D eigenvalue weighted by atomic mass is 16.6. The lowest BCUT2D eigenvalue weighted by atomic mass is 9.76. The van der Waals surface area contributed by atoms with Gasteiger partial charge in [0.2, 0.25) is 0 Å². The summed E-state index contributed by atoms with van der Waals surface area (Å²) in [4.78, 5) is 0. The summed E-state index contributed by atoms with van der Waals surface area (Å²) < 4.78 is 17.5. The number of ether oxygens (including phenoxy) is 3. The SMILES string of the molecule is CCNC(C1COC(C)C1)C1CCOC2(CCOC2)C1. The van der Waals surface area contributed by atoms with Crippen molar-refractivity contribution < 1.29 is 14.2 Å². The van der Waals surface area contributed by atoms with Crippen LogP contribution in [0.4, 0.5) is 0 Å². The molecule has 116 valence electrons. The fourth-order valence-corrected chi connectivity index (χ4v) is 4.29. The van der Waals surface area contributed by atoms with Crippen LogP contribution >= 0.6 is 0 Å². The van der Waals surface area contributed by atoms with Crippen LogP contribution in [0.2, 0.25) is 0 Å². The lowest BCUT2D eigenvalue weighted by molar-refractivity contribution is -0.105. The van der Waals surface area contributed by atoms with Crippen LogP contribution in [0.3, 0.4) is 0 Å². The molecule has 3 aliphatic rings. The highest BCUT2D eigenvalue weighted by Crippen LogP contribution is 2.39. The molecule has 4 heteroatoms. The van der Waals surface area contributed by atoms with E-state index in [1.165, 1.54) is 12.8 Å². The van der Waals surface area contributed by atoms with Gasteiger partial charge in [-0.3, -0.25) is 0 Å². The molecular weight excluding hydrogens is 254 g/mol. The lowest BCUT2D eigenvalue weighted by Gasteiger charge is -2.42. The van der Waals surface area contributed by atoms with Gasteiger partial charge < -0.3 is 19.5 Å². The standard InChI is InChI=1S/C16H29NO3/c1-3-17-15(14-8-12(2)19-10-14)13-4-6-20-16(9-13)5-7-18-11-16/h12-15,17H,3-11H2,1-2H3. The van der Waals surface area contributed by atoms with Crippen LogP contribution in [0.15, 0.2) is 0 Å². The van der Waals surface area contributed by atoms with Crippen LogP contribution < -0.4 is 5.32 Å². The maximum atomic E-state index is 6.08. The number of nitrogens with one attached hydrogen (secondary N) is 1. The molecule has 0 aromatic carbocycles. The molecule has 0 aromatic rings. The van der Waals surface area contributed by atoms with E-state index in [0.29, 0.717) is 24.0 Å². The average Bonchev–Trinajstić information content (AvgIpc) is 3.06. The molecule has 0 aliphatic carbocycles. The van der Waals surface area contributed by atoms with Gasteiger partial charge in [-0.15, -0.1) is 0 Å². The van der Waals surface area contributed by atoms with Crippen molar-refractivity contribution in [2.75, 3.05) is 33.0 Å². The highest BCUT2D eigenvalue weighted by molar-refractivity contribution is 4.96. The fraction of sp³-hybridized carbons (Fsp3) is 1.00. The fourth-order valence-electron chi connectivity index (χ4n) is 4.29. The molecule has 0 aromatic heterocycles. The zero-order valence-electron chi connectivity index (χ0n) is 12.9. The van der Waals surface area contributed by atoms with Crippen molar-refractivity contribution in [1.82, 2.24) is 5.32 Å². The van der Waals surface area contributed by atoms with E-state index in [1.54, 1.807) is 0 Å². The molecule has 0 saturated carbocycles. The summed E-state index contributed by atoms with van der Waals surface area (Å²) in [6.07, 6.45) is 5.00. The molecule has 3 saturated heterocycles. The molecule has 5 atom stereocenters. The van der Waals surface area contributed by atoms with Gasteiger partial charge in [-0.25, -0.2) is 0 Å². The van der Waals surface area contributed by atoms with E-state index < -0.39 is 0 Å². The van der Waals surface area contributed by atoms with Crippen molar-refractivity contribution >= 4 is 0 Å². The molecule has 3 heterocycles. The smallest absolute Gasteiger partial charge is 0.0939 e. The molecule has 3 rings (SSSR count). The summed E-state index contributed by atoms with van der Waals surface area (Å²) >= 11 is 0. The van der Waals surface area contributed by atoms with Gasteiger partial charge in [-0.2, -0.15) is 0 Å². The lowest BCUT2D eigenvalue weighted by Crippen LogP contribution is -2.50. The largest absolute Gasteiger partial charge is 0.378 e. The molecule has 0 amide bonds. The number of hydrogen-bond donors (Lipinski definition) is 1. The van der Waals surface area contributed by atoms with E-state index in [2.05, 4.69) is 19.2 Å². The van der Waals surface area contributed by atoms with Gasteiger partial charge in [0, 0.05) is 31.6 Å². The first-order chi connectivity index (χ1) is 9.72. The molecule has 1 spiro atoms.